The maximum absolute atomic E-state index is 13.3. The van der Waals surface area contributed by atoms with Gasteiger partial charge in [-0.25, -0.2) is 4.68 Å². The molecule has 0 aliphatic heterocycles. The summed E-state index contributed by atoms with van der Waals surface area (Å²) >= 11 is 0. The van der Waals surface area contributed by atoms with Crippen LogP contribution in [0.2, 0.25) is 0 Å². The van der Waals surface area contributed by atoms with Gasteiger partial charge < -0.3 is 10.1 Å². The SMILES string of the molecule is CC(C)COc1nc(-c2cccc(C(F)(F)F)c2)n(-c2ccc(NC(=O)Cc3ccccc3)cc2)n1. The van der Waals surface area contributed by atoms with Gasteiger partial charge in [0.15, 0.2) is 5.82 Å². The lowest BCUT2D eigenvalue weighted by molar-refractivity contribution is -0.137. The smallest absolute Gasteiger partial charge is 0.416 e. The molecule has 0 saturated heterocycles. The maximum Gasteiger partial charge on any atom is 0.416 e. The van der Waals surface area contributed by atoms with E-state index in [2.05, 4.69) is 15.4 Å². The molecule has 0 saturated carbocycles. The van der Waals surface area contributed by atoms with Crippen LogP contribution >= 0.6 is 0 Å². The van der Waals surface area contributed by atoms with Crippen molar-refractivity contribution in [1.82, 2.24) is 14.8 Å². The number of rotatable bonds is 8. The Balaban J connectivity index is 1.61. The summed E-state index contributed by atoms with van der Waals surface area (Å²) in [5.41, 5.74) is 1.49. The first kappa shape index (κ1) is 25.0. The van der Waals surface area contributed by atoms with E-state index in [1.807, 2.05) is 44.2 Å². The van der Waals surface area contributed by atoms with Crippen LogP contribution in [0, 0.1) is 5.92 Å². The van der Waals surface area contributed by atoms with E-state index in [0.29, 0.717) is 18.0 Å². The zero-order chi connectivity index (χ0) is 25.7. The highest BCUT2D eigenvalue weighted by atomic mass is 19.4. The summed E-state index contributed by atoms with van der Waals surface area (Å²) in [7, 11) is 0. The lowest BCUT2D eigenvalue weighted by Gasteiger charge is -2.10. The van der Waals surface area contributed by atoms with Crippen LogP contribution in [0.5, 0.6) is 6.01 Å². The van der Waals surface area contributed by atoms with Gasteiger partial charge in [0.05, 0.1) is 24.3 Å². The van der Waals surface area contributed by atoms with Crippen molar-refractivity contribution in [1.29, 1.82) is 0 Å². The third-order valence-corrected chi connectivity index (χ3v) is 5.18. The predicted molar refractivity (Wildman–Crippen MR) is 131 cm³/mol. The first-order valence-corrected chi connectivity index (χ1v) is 11.4. The second-order valence-electron chi connectivity index (χ2n) is 8.67. The Morgan fingerprint density at radius 2 is 1.72 bits per heavy atom. The number of nitrogens with zero attached hydrogens (tertiary/aromatic N) is 3. The lowest BCUT2D eigenvalue weighted by atomic mass is 10.1. The summed E-state index contributed by atoms with van der Waals surface area (Å²) in [5, 5.41) is 7.23. The molecule has 0 radical (unpaired) electrons. The van der Waals surface area contributed by atoms with E-state index < -0.39 is 11.7 Å². The number of aromatic nitrogens is 3. The maximum atomic E-state index is 13.3. The number of hydrogen-bond acceptors (Lipinski definition) is 4. The van der Waals surface area contributed by atoms with Gasteiger partial charge in [-0.3, -0.25) is 4.79 Å². The Morgan fingerprint density at radius 1 is 1.00 bits per heavy atom. The number of nitrogens with one attached hydrogen (secondary N) is 1. The van der Waals surface area contributed by atoms with E-state index in [4.69, 9.17) is 4.74 Å². The number of alkyl halides is 3. The van der Waals surface area contributed by atoms with Crippen molar-refractivity contribution in [3.63, 3.8) is 0 Å². The number of carbonyl (C=O) groups is 1. The number of carbonyl (C=O) groups excluding carboxylic acids is 1. The standard InChI is InChI=1S/C27H25F3N4O2/c1-18(2)17-36-26-32-25(20-9-6-10-21(16-20)27(28,29)30)34(33-26)23-13-11-22(12-14-23)31-24(35)15-19-7-4-3-5-8-19/h3-14,16,18H,15,17H2,1-2H3,(H,31,35). The first-order chi connectivity index (χ1) is 17.2. The quantitative estimate of drug-likeness (QED) is 0.318. The third kappa shape index (κ3) is 6.29. The summed E-state index contributed by atoms with van der Waals surface area (Å²) < 4.78 is 47.0. The van der Waals surface area contributed by atoms with Gasteiger partial charge in [-0.1, -0.05) is 56.3 Å². The second kappa shape index (κ2) is 10.6. The fraction of sp³-hybridized carbons (Fsp3) is 0.222. The van der Waals surface area contributed by atoms with Gasteiger partial charge in [0.1, 0.15) is 0 Å². The van der Waals surface area contributed by atoms with E-state index >= 15 is 0 Å². The molecule has 1 aromatic heterocycles. The molecule has 36 heavy (non-hydrogen) atoms. The molecule has 1 amide bonds. The van der Waals surface area contributed by atoms with Crippen molar-refractivity contribution < 1.29 is 22.7 Å². The zero-order valence-electron chi connectivity index (χ0n) is 19.8. The molecule has 0 aliphatic rings. The molecule has 1 N–H and O–H groups in total. The number of hydrogen-bond donors (Lipinski definition) is 1. The average Bonchev–Trinajstić information content (AvgIpc) is 3.28. The third-order valence-electron chi connectivity index (χ3n) is 5.18. The predicted octanol–water partition coefficient (Wildman–Crippen LogP) is 6.17. The Bertz CT molecular complexity index is 1320. The highest BCUT2D eigenvalue weighted by molar-refractivity contribution is 5.92. The Morgan fingerprint density at radius 3 is 2.39 bits per heavy atom. The molecule has 186 valence electrons. The molecule has 3 aromatic carbocycles. The number of benzene rings is 3. The van der Waals surface area contributed by atoms with E-state index in [1.54, 1.807) is 30.3 Å². The van der Waals surface area contributed by atoms with E-state index in [9.17, 15) is 18.0 Å². The van der Waals surface area contributed by atoms with Crippen LogP contribution in [0.3, 0.4) is 0 Å². The number of amides is 1. The van der Waals surface area contributed by atoms with E-state index in [1.165, 1.54) is 10.7 Å². The molecule has 0 atom stereocenters. The molecule has 0 fully saturated rings. The minimum absolute atomic E-state index is 0.0661. The molecule has 4 aromatic rings. The second-order valence-corrected chi connectivity index (χ2v) is 8.67. The number of anilines is 1. The van der Waals surface area contributed by atoms with Gasteiger partial charge in [-0.2, -0.15) is 18.2 Å². The van der Waals surface area contributed by atoms with Crippen molar-refractivity contribution in [2.75, 3.05) is 11.9 Å². The zero-order valence-corrected chi connectivity index (χ0v) is 19.8. The minimum Gasteiger partial charge on any atom is -0.462 e. The largest absolute Gasteiger partial charge is 0.462 e. The minimum atomic E-state index is -4.49. The van der Waals surface area contributed by atoms with Crippen LogP contribution in [0.25, 0.3) is 17.1 Å². The Labute approximate surface area is 206 Å². The molecule has 1 heterocycles. The van der Waals surface area contributed by atoms with Crippen molar-refractivity contribution in [2.24, 2.45) is 5.92 Å². The van der Waals surface area contributed by atoms with Crippen molar-refractivity contribution in [3.05, 3.63) is 90.0 Å². The summed E-state index contributed by atoms with van der Waals surface area (Å²) in [5.74, 6) is 0.261. The summed E-state index contributed by atoms with van der Waals surface area (Å²) in [4.78, 5) is 16.7. The number of halogens is 3. The van der Waals surface area contributed by atoms with Crippen LogP contribution in [0.4, 0.5) is 18.9 Å². The molecule has 0 spiro atoms. The fourth-order valence-corrected chi connectivity index (χ4v) is 3.47. The van der Waals surface area contributed by atoms with Crippen molar-refractivity contribution >= 4 is 11.6 Å². The number of ether oxygens (including phenoxy) is 1. The van der Waals surface area contributed by atoms with Gasteiger partial charge in [0.25, 0.3) is 0 Å². The van der Waals surface area contributed by atoms with Crippen molar-refractivity contribution in [3.8, 4) is 23.1 Å². The lowest BCUT2D eigenvalue weighted by Crippen LogP contribution is -2.14. The first-order valence-electron chi connectivity index (χ1n) is 11.4. The van der Waals surface area contributed by atoms with Crippen LogP contribution in [0.15, 0.2) is 78.9 Å². The Kier molecular flexibility index (Phi) is 7.38. The van der Waals surface area contributed by atoms with Crippen LogP contribution in [0.1, 0.15) is 25.0 Å². The summed E-state index contributed by atoms with van der Waals surface area (Å²) in [6.45, 7) is 4.30. The van der Waals surface area contributed by atoms with Gasteiger partial charge >= 0.3 is 12.2 Å². The molecule has 6 nitrogen and oxygen atoms in total. The monoisotopic (exact) mass is 494 g/mol. The fourth-order valence-electron chi connectivity index (χ4n) is 3.47. The average molecular weight is 495 g/mol. The highest BCUT2D eigenvalue weighted by Crippen LogP contribution is 2.33. The summed E-state index contributed by atoms with van der Waals surface area (Å²) in [6.07, 6.45) is -4.25. The highest BCUT2D eigenvalue weighted by Gasteiger charge is 2.31. The Hall–Kier alpha value is -4.14. The molecule has 0 unspecified atom stereocenters. The van der Waals surface area contributed by atoms with E-state index in [-0.39, 0.29) is 35.6 Å². The molecule has 9 heteroatoms. The normalized spacial score (nSPS) is 11.5. The van der Waals surface area contributed by atoms with Gasteiger partial charge in [0, 0.05) is 11.3 Å². The molecule has 4 rings (SSSR count). The topological polar surface area (TPSA) is 69.0 Å². The molecular weight excluding hydrogens is 469 g/mol. The van der Waals surface area contributed by atoms with E-state index in [0.717, 1.165) is 17.7 Å². The molecular formula is C27H25F3N4O2. The van der Waals surface area contributed by atoms with Crippen molar-refractivity contribution in [2.45, 2.75) is 26.4 Å². The van der Waals surface area contributed by atoms with Crippen LogP contribution in [-0.2, 0) is 17.4 Å². The summed E-state index contributed by atoms with van der Waals surface area (Å²) in [6, 6.07) is 21.2. The molecule has 0 bridgehead atoms. The molecule has 0 aliphatic carbocycles. The van der Waals surface area contributed by atoms with Gasteiger partial charge in [0.2, 0.25) is 5.91 Å². The van der Waals surface area contributed by atoms with Crippen LogP contribution < -0.4 is 10.1 Å². The van der Waals surface area contributed by atoms with Crippen LogP contribution in [-0.4, -0.2) is 27.3 Å². The van der Waals surface area contributed by atoms with Gasteiger partial charge in [-0.15, -0.1) is 5.10 Å². The van der Waals surface area contributed by atoms with Gasteiger partial charge in [-0.05, 0) is 47.9 Å².